The summed E-state index contributed by atoms with van der Waals surface area (Å²) in [6.07, 6.45) is 5.96. The van der Waals surface area contributed by atoms with E-state index >= 15 is 0 Å². The molecule has 4 atom stereocenters. The van der Waals surface area contributed by atoms with E-state index in [0.29, 0.717) is 12.5 Å². The molecule has 0 radical (unpaired) electrons. The molecule has 2 aliphatic carbocycles. The number of carbonyl (C=O) groups is 2. The summed E-state index contributed by atoms with van der Waals surface area (Å²) in [5.74, 6) is 0.601. The molecule has 2 saturated carbocycles. The van der Waals surface area contributed by atoms with E-state index in [1.54, 1.807) is 0 Å². The van der Waals surface area contributed by atoms with Crippen LogP contribution in [0.5, 0.6) is 0 Å². The molecule has 0 aromatic carbocycles. The van der Waals surface area contributed by atoms with Crippen molar-refractivity contribution in [2.75, 3.05) is 6.54 Å². The molecule has 1 heterocycles. The highest BCUT2D eigenvalue weighted by atomic mass is 16.3. The van der Waals surface area contributed by atoms with Gasteiger partial charge in [0.05, 0.1) is 6.10 Å². The van der Waals surface area contributed by atoms with E-state index < -0.39 is 0 Å². The molecule has 4 unspecified atom stereocenters. The molecule has 3 fully saturated rings. The molecule has 2 bridgehead atoms. The van der Waals surface area contributed by atoms with Gasteiger partial charge < -0.3 is 5.11 Å². The van der Waals surface area contributed by atoms with Gasteiger partial charge in [-0.25, -0.2) is 0 Å². The topological polar surface area (TPSA) is 57.6 Å². The second-order valence-corrected chi connectivity index (χ2v) is 6.18. The number of hydrogen-bond acceptors (Lipinski definition) is 3. The minimum Gasteiger partial charge on any atom is -0.393 e. The second-order valence-electron chi connectivity index (χ2n) is 6.18. The van der Waals surface area contributed by atoms with Gasteiger partial charge in [0, 0.05) is 18.4 Å². The maximum Gasteiger partial charge on any atom is 0.232 e. The molecule has 0 aromatic heterocycles. The Balaban J connectivity index is 1.68. The van der Waals surface area contributed by atoms with E-state index in [1.807, 2.05) is 0 Å². The van der Waals surface area contributed by atoms with Crippen molar-refractivity contribution in [1.29, 1.82) is 0 Å². The molecule has 3 aliphatic rings. The fraction of sp³-hybridized carbons (Fsp3) is 0.857. The van der Waals surface area contributed by atoms with Gasteiger partial charge in [-0.2, -0.15) is 0 Å². The zero-order valence-electron chi connectivity index (χ0n) is 10.7. The Morgan fingerprint density at radius 3 is 2.28 bits per heavy atom. The van der Waals surface area contributed by atoms with Crippen LogP contribution in [0.15, 0.2) is 0 Å². The van der Waals surface area contributed by atoms with Crippen LogP contribution in [0.25, 0.3) is 0 Å². The van der Waals surface area contributed by atoms with Crippen LogP contribution in [-0.2, 0) is 9.59 Å². The van der Waals surface area contributed by atoms with Crippen LogP contribution >= 0.6 is 0 Å². The Hall–Kier alpha value is -0.900. The third-order valence-electron chi connectivity index (χ3n) is 4.86. The first-order valence-electron chi connectivity index (χ1n) is 7.18. The van der Waals surface area contributed by atoms with Crippen molar-refractivity contribution in [3.63, 3.8) is 0 Å². The van der Waals surface area contributed by atoms with Gasteiger partial charge in [-0.3, -0.25) is 14.5 Å². The van der Waals surface area contributed by atoms with Crippen LogP contribution in [0.2, 0.25) is 0 Å². The number of aliphatic hydroxyl groups is 1. The fourth-order valence-electron chi connectivity index (χ4n) is 3.85. The lowest BCUT2D eigenvalue weighted by atomic mass is 9.86. The van der Waals surface area contributed by atoms with Crippen molar-refractivity contribution in [3.05, 3.63) is 0 Å². The quantitative estimate of drug-likeness (QED) is 0.753. The molecule has 1 N–H and O–H groups in total. The molecule has 18 heavy (non-hydrogen) atoms. The minimum absolute atomic E-state index is 0.0498. The summed E-state index contributed by atoms with van der Waals surface area (Å²) in [6.45, 7) is 0.543. The summed E-state index contributed by atoms with van der Waals surface area (Å²) in [7, 11) is 0. The van der Waals surface area contributed by atoms with Gasteiger partial charge >= 0.3 is 0 Å². The monoisotopic (exact) mass is 251 g/mol. The summed E-state index contributed by atoms with van der Waals surface area (Å²) >= 11 is 0. The zero-order chi connectivity index (χ0) is 12.7. The second kappa shape index (κ2) is 4.65. The number of fused-ring (bicyclic) bond motifs is 2. The van der Waals surface area contributed by atoms with Gasteiger partial charge in [-0.1, -0.05) is 6.42 Å². The summed E-state index contributed by atoms with van der Waals surface area (Å²) in [6, 6.07) is 0. The molecule has 3 rings (SSSR count). The summed E-state index contributed by atoms with van der Waals surface area (Å²) in [5.41, 5.74) is 0. The van der Waals surface area contributed by atoms with Crippen molar-refractivity contribution in [2.45, 2.75) is 51.0 Å². The molecule has 0 aromatic rings. The van der Waals surface area contributed by atoms with Crippen LogP contribution in [0, 0.1) is 17.8 Å². The molecule has 1 aliphatic heterocycles. The molecule has 1 saturated heterocycles. The van der Waals surface area contributed by atoms with E-state index in [0.717, 1.165) is 44.9 Å². The lowest BCUT2D eigenvalue weighted by Crippen LogP contribution is -2.48. The Bertz CT molecular complexity index is 346. The number of nitrogens with zero attached hydrogens (tertiary/aromatic N) is 1. The highest BCUT2D eigenvalue weighted by Crippen LogP contribution is 2.39. The molecular formula is C14H21NO3. The number of hydrogen-bond donors (Lipinski definition) is 1. The van der Waals surface area contributed by atoms with Gasteiger partial charge in [0.25, 0.3) is 0 Å². The van der Waals surface area contributed by atoms with Crippen molar-refractivity contribution in [1.82, 2.24) is 4.90 Å². The Morgan fingerprint density at radius 2 is 1.67 bits per heavy atom. The minimum atomic E-state index is -0.240. The van der Waals surface area contributed by atoms with Crippen molar-refractivity contribution in [3.8, 4) is 0 Å². The standard InChI is InChI=1S/C14H21NO3/c16-12-3-1-2-9(6-12)8-15-13(17)10-4-5-11(7-10)14(15)18/h9-12,16H,1-8H2. The molecule has 2 amide bonds. The summed E-state index contributed by atoms with van der Waals surface area (Å²) < 4.78 is 0. The molecule has 100 valence electrons. The first-order valence-corrected chi connectivity index (χ1v) is 7.18. The van der Waals surface area contributed by atoms with Crippen LogP contribution in [0.4, 0.5) is 0 Å². The fourth-order valence-corrected chi connectivity index (χ4v) is 3.85. The third-order valence-corrected chi connectivity index (χ3v) is 4.86. The van der Waals surface area contributed by atoms with Crippen LogP contribution < -0.4 is 0 Å². The number of aliphatic hydroxyl groups excluding tert-OH is 1. The summed E-state index contributed by atoms with van der Waals surface area (Å²) in [4.78, 5) is 25.9. The average molecular weight is 251 g/mol. The zero-order valence-corrected chi connectivity index (χ0v) is 10.7. The van der Waals surface area contributed by atoms with Crippen LogP contribution in [0.3, 0.4) is 0 Å². The Kier molecular flexibility index (Phi) is 3.14. The largest absolute Gasteiger partial charge is 0.393 e. The first-order chi connectivity index (χ1) is 8.65. The number of imide groups is 1. The lowest BCUT2D eigenvalue weighted by molar-refractivity contribution is -0.154. The Morgan fingerprint density at radius 1 is 1.00 bits per heavy atom. The number of rotatable bonds is 2. The van der Waals surface area contributed by atoms with Crippen molar-refractivity contribution >= 4 is 11.8 Å². The van der Waals surface area contributed by atoms with Gasteiger partial charge in [0.15, 0.2) is 0 Å². The van der Waals surface area contributed by atoms with Gasteiger partial charge in [0.1, 0.15) is 0 Å². The highest BCUT2D eigenvalue weighted by Gasteiger charge is 2.45. The molecule has 4 nitrogen and oxygen atoms in total. The molecule has 4 heteroatoms. The maximum absolute atomic E-state index is 12.2. The van der Waals surface area contributed by atoms with E-state index in [2.05, 4.69) is 0 Å². The number of piperidine rings is 1. The number of likely N-dealkylation sites (tertiary alicyclic amines) is 1. The van der Waals surface area contributed by atoms with E-state index in [-0.39, 0.29) is 29.8 Å². The predicted molar refractivity (Wildman–Crippen MR) is 65.5 cm³/mol. The molecular weight excluding hydrogens is 230 g/mol. The van der Waals surface area contributed by atoms with Gasteiger partial charge in [-0.05, 0) is 44.4 Å². The highest BCUT2D eigenvalue weighted by molar-refractivity contribution is 6.00. The van der Waals surface area contributed by atoms with E-state index in [9.17, 15) is 14.7 Å². The van der Waals surface area contributed by atoms with Crippen LogP contribution in [-0.4, -0.2) is 34.5 Å². The lowest BCUT2D eigenvalue weighted by Gasteiger charge is -2.34. The normalized spacial score (nSPS) is 40.4. The summed E-state index contributed by atoms with van der Waals surface area (Å²) in [5, 5.41) is 9.67. The van der Waals surface area contributed by atoms with Crippen molar-refractivity contribution < 1.29 is 14.7 Å². The maximum atomic E-state index is 12.2. The van der Waals surface area contributed by atoms with Crippen LogP contribution in [0.1, 0.15) is 44.9 Å². The molecule has 0 spiro atoms. The average Bonchev–Trinajstić information content (AvgIpc) is 2.79. The smallest absolute Gasteiger partial charge is 0.232 e. The Labute approximate surface area is 107 Å². The van der Waals surface area contributed by atoms with E-state index in [4.69, 9.17) is 0 Å². The van der Waals surface area contributed by atoms with Gasteiger partial charge in [-0.15, -0.1) is 0 Å². The third kappa shape index (κ3) is 2.07. The predicted octanol–water partition coefficient (Wildman–Crippen LogP) is 1.32. The first kappa shape index (κ1) is 12.2. The van der Waals surface area contributed by atoms with Crippen molar-refractivity contribution in [2.24, 2.45) is 17.8 Å². The number of amides is 2. The number of carbonyl (C=O) groups excluding carboxylic acids is 2. The van der Waals surface area contributed by atoms with Gasteiger partial charge in [0.2, 0.25) is 11.8 Å². The SMILES string of the molecule is O=C1C2CCC(C2)C(=O)N1CC1CCCC(O)C1. The van der Waals surface area contributed by atoms with E-state index in [1.165, 1.54) is 4.90 Å².